The molecule has 1 aromatic carbocycles. The van der Waals surface area contributed by atoms with Crippen molar-refractivity contribution in [2.45, 2.75) is 38.3 Å². The Labute approximate surface area is 156 Å². The molecule has 2 aromatic heterocycles. The zero-order chi connectivity index (χ0) is 17.9. The van der Waals surface area contributed by atoms with Gasteiger partial charge in [0.1, 0.15) is 12.2 Å². The molecule has 7 heteroatoms. The normalized spacial score (nSPS) is 14.7. The predicted molar refractivity (Wildman–Crippen MR) is 98.6 cm³/mol. The summed E-state index contributed by atoms with van der Waals surface area (Å²) < 4.78 is 7.22. The quantitative estimate of drug-likeness (QED) is 0.738. The number of rotatable bonds is 5. The molecule has 134 valence electrons. The van der Waals surface area contributed by atoms with Gasteiger partial charge in [0.15, 0.2) is 0 Å². The zero-order valence-electron chi connectivity index (χ0n) is 14.2. The average Bonchev–Trinajstić information content (AvgIpc) is 3.36. The molecule has 0 spiro atoms. The van der Waals surface area contributed by atoms with Gasteiger partial charge in [0.25, 0.3) is 5.89 Å². The Bertz CT molecular complexity index is 912. The van der Waals surface area contributed by atoms with Gasteiger partial charge >= 0.3 is 0 Å². The van der Waals surface area contributed by atoms with Crippen LogP contribution in [0.15, 0.2) is 47.1 Å². The minimum atomic E-state index is 0.00364. The van der Waals surface area contributed by atoms with Gasteiger partial charge in [0.05, 0.1) is 0 Å². The van der Waals surface area contributed by atoms with Gasteiger partial charge in [0.2, 0.25) is 11.7 Å². The smallest absolute Gasteiger partial charge is 0.274 e. The lowest BCUT2D eigenvalue weighted by atomic mass is 10.2. The van der Waals surface area contributed by atoms with E-state index >= 15 is 0 Å². The molecule has 1 saturated carbocycles. The molecule has 0 aliphatic heterocycles. The van der Waals surface area contributed by atoms with E-state index in [0.717, 1.165) is 18.4 Å². The van der Waals surface area contributed by atoms with Gasteiger partial charge in [-0.25, -0.2) is 0 Å². The van der Waals surface area contributed by atoms with E-state index in [-0.39, 0.29) is 12.5 Å². The van der Waals surface area contributed by atoms with E-state index in [1.807, 2.05) is 35.0 Å². The molecule has 1 amide bonds. The predicted octanol–water partition coefficient (Wildman–Crippen LogP) is 3.92. The second-order valence-corrected chi connectivity index (χ2v) is 6.94. The zero-order valence-corrected chi connectivity index (χ0v) is 14.9. The lowest BCUT2D eigenvalue weighted by molar-refractivity contribution is -0.122. The molecule has 0 atom stereocenters. The number of hydrogen-bond acceptors (Lipinski definition) is 4. The van der Waals surface area contributed by atoms with E-state index in [9.17, 15) is 4.79 Å². The van der Waals surface area contributed by atoms with Gasteiger partial charge < -0.3 is 14.4 Å². The lowest BCUT2D eigenvalue weighted by Crippen LogP contribution is -2.35. The molecule has 0 saturated heterocycles. The van der Waals surface area contributed by atoms with Crippen LogP contribution in [0.2, 0.25) is 5.02 Å². The van der Waals surface area contributed by atoms with Gasteiger partial charge in [-0.3, -0.25) is 4.79 Å². The van der Waals surface area contributed by atoms with Gasteiger partial charge in [-0.1, -0.05) is 41.7 Å². The lowest BCUT2D eigenvalue weighted by Gasteiger charge is -2.13. The maximum atomic E-state index is 12.3. The molecule has 3 aromatic rings. The first-order valence-electron chi connectivity index (χ1n) is 8.73. The molecule has 6 nitrogen and oxygen atoms in total. The maximum Gasteiger partial charge on any atom is 0.274 e. The minimum Gasteiger partial charge on any atom is -0.352 e. The number of carbonyl (C=O) groups is 1. The number of carbonyl (C=O) groups excluding carboxylic acids is 1. The number of nitrogens with zero attached hydrogens (tertiary/aromatic N) is 3. The molecular formula is C19H19ClN4O2. The summed E-state index contributed by atoms with van der Waals surface area (Å²) in [6, 6.07) is 11.3. The van der Waals surface area contributed by atoms with Crippen LogP contribution in [0.1, 0.15) is 25.7 Å². The van der Waals surface area contributed by atoms with E-state index in [4.69, 9.17) is 16.1 Å². The van der Waals surface area contributed by atoms with Crippen molar-refractivity contribution in [1.82, 2.24) is 20.0 Å². The summed E-state index contributed by atoms with van der Waals surface area (Å²) in [5, 5.41) is 7.73. The summed E-state index contributed by atoms with van der Waals surface area (Å²) >= 11 is 6.02. The van der Waals surface area contributed by atoms with E-state index < -0.39 is 0 Å². The highest BCUT2D eigenvalue weighted by Crippen LogP contribution is 2.24. The van der Waals surface area contributed by atoms with Crippen molar-refractivity contribution >= 4 is 17.5 Å². The van der Waals surface area contributed by atoms with E-state index in [1.54, 1.807) is 12.1 Å². The van der Waals surface area contributed by atoms with Gasteiger partial charge in [-0.15, -0.1) is 0 Å². The second-order valence-electron chi connectivity index (χ2n) is 6.50. The molecule has 0 radical (unpaired) electrons. The third-order valence-corrected chi connectivity index (χ3v) is 4.83. The van der Waals surface area contributed by atoms with Crippen LogP contribution >= 0.6 is 11.6 Å². The summed E-state index contributed by atoms with van der Waals surface area (Å²) in [6.45, 7) is 0.230. The van der Waals surface area contributed by atoms with Crippen molar-refractivity contribution in [3.63, 3.8) is 0 Å². The number of aromatic nitrogens is 3. The summed E-state index contributed by atoms with van der Waals surface area (Å²) in [6.07, 6.45) is 6.35. The number of hydrogen-bond donors (Lipinski definition) is 1. The van der Waals surface area contributed by atoms with Crippen molar-refractivity contribution in [2.75, 3.05) is 0 Å². The Balaban J connectivity index is 1.50. The van der Waals surface area contributed by atoms with E-state index in [1.165, 1.54) is 12.8 Å². The highest BCUT2D eigenvalue weighted by Gasteiger charge is 2.19. The summed E-state index contributed by atoms with van der Waals surface area (Å²) in [5.74, 6) is 0.841. The topological polar surface area (TPSA) is 73.0 Å². The van der Waals surface area contributed by atoms with Crippen molar-refractivity contribution in [2.24, 2.45) is 0 Å². The highest BCUT2D eigenvalue weighted by atomic mass is 35.5. The standard InChI is InChI=1S/C19H19ClN4O2/c20-14-6-3-5-13(11-14)18-22-19(26-23-18)16-9-4-10-24(16)12-17(25)21-15-7-1-2-8-15/h3-6,9-11,15H,1-2,7-8,12H2,(H,21,25). The van der Waals surface area contributed by atoms with Crippen molar-refractivity contribution in [3.8, 4) is 23.0 Å². The molecule has 0 unspecified atom stereocenters. The number of halogens is 1. The first-order valence-corrected chi connectivity index (χ1v) is 9.11. The number of amides is 1. The van der Waals surface area contributed by atoms with Crippen LogP contribution in [-0.4, -0.2) is 26.7 Å². The third-order valence-electron chi connectivity index (χ3n) is 4.59. The SMILES string of the molecule is O=C(Cn1cccc1-c1nc(-c2cccc(Cl)c2)no1)NC1CCCC1. The molecule has 1 fully saturated rings. The summed E-state index contributed by atoms with van der Waals surface area (Å²) in [7, 11) is 0. The van der Waals surface area contributed by atoms with Gasteiger partial charge in [-0.2, -0.15) is 4.98 Å². The Morgan fingerprint density at radius 2 is 2.12 bits per heavy atom. The molecular weight excluding hydrogens is 352 g/mol. The molecule has 26 heavy (non-hydrogen) atoms. The largest absolute Gasteiger partial charge is 0.352 e. The van der Waals surface area contributed by atoms with Crippen LogP contribution in [0.3, 0.4) is 0 Å². The Hall–Kier alpha value is -2.60. The molecule has 1 aliphatic rings. The fourth-order valence-corrected chi connectivity index (χ4v) is 3.51. The first kappa shape index (κ1) is 16.8. The monoisotopic (exact) mass is 370 g/mol. The van der Waals surface area contributed by atoms with Crippen LogP contribution in [0.5, 0.6) is 0 Å². The minimum absolute atomic E-state index is 0.00364. The molecule has 2 heterocycles. The van der Waals surface area contributed by atoms with Crippen LogP contribution in [-0.2, 0) is 11.3 Å². The molecule has 1 aliphatic carbocycles. The number of nitrogens with one attached hydrogen (secondary N) is 1. The number of benzene rings is 1. The van der Waals surface area contributed by atoms with Crippen LogP contribution in [0.4, 0.5) is 0 Å². The van der Waals surface area contributed by atoms with Crippen LogP contribution in [0, 0.1) is 0 Å². The summed E-state index contributed by atoms with van der Waals surface area (Å²) in [4.78, 5) is 16.7. The van der Waals surface area contributed by atoms with E-state index in [0.29, 0.717) is 28.5 Å². The fraction of sp³-hybridized carbons (Fsp3) is 0.316. The Morgan fingerprint density at radius 3 is 2.92 bits per heavy atom. The van der Waals surface area contributed by atoms with Crippen LogP contribution < -0.4 is 5.32 Å². The second kappa shape index (κ2) is 7.33. The fourth-order valence-electron chi connectivity index (χ4n) is 3.32. The van der Waals surface area contributed by atoms with Crippen molar-refractivity contribution < 1.29 is 9.32 Å². The molecule has 1 N–H and O–H groups in total. The van der Waals surface area contributed by atoms with Gasteiger partial charge in [0, 0.05) is 22.8 Å². The maximum absolute atomic E-state index is 12.3. The van der Waals surface area contributed by atoms with E-state index in [2.05, 4.69) is 15.5 Å². The van der Waals surface area contributed by atoms with Crippen molar-refractivity contribution in [1.29, 1.82) is 0 Å². The first-order chi connectivity index (χ1) is 12.7. The highest BCUT2D eigenvalue weighted by molar-refractivity contribution is 6.30. The van der Waals surface area contributed by atoms with Gasteiger partial charge in [-0.05, 0) is 37.1 Å². The van der Waals surface area contributed by atoms with Crippen molar-refractivity contribution in [3.05, 3.63) is 47.6 Å². The molecule has 4 rings (SSSR count). The average molecular weight is 371 g/mol. The summed E-state index contributed by atoms with van der Waals surface area (Å²) in [5.41, 5.74) is 1.50. The molecule has 0 bridgehead atoms. The Morgan fingerprint density at radius 1 is 1.27 bits per heavy atom. The van der Waals surface area contributed by atoms with Crippen LogP contribution in [0.25, 0.3) is 23.0 Å². The third kappa shape index (κ3) is 3.65. The Kier molecular flexibility index (Phi) is 4.75.